The molecule has 2 amide bonds. The zero-order valence-electron chi connectivity index (χ0n) is 21.1. The third kappa shape index (κ3) is 5.09. The van der Waals surface area contributed by atoms with E-state index in [1.54, 1.807) is 41.0 Å². The molecule has 1 aromatic heterocycles. The fourth-order valence-corrected chi connectivity index (χ4v) is 5.20. The minimum absolute atomic E-state index is 0.0388. The molecule has 0 spiro atoms. The highest BCUT2D eigenvalue weighted by atomic mass is 19.3. The monoisotopic (exact) mass is 512 g/mol. The fourth-order valence-electron chi connectivity index (χ4n) is 5.20. The van der Waals surface area contributed by atoms with Gasteiger partial charge >= 0.3 is 0 Å². The third-order valence-corrected chi connectivity index (χ3v) is 7.47. The predicted molar refractivity (Wildman–Crippen MR) is 136 cm³/mol. The van der Waals surface area contributed by atoms with E-state index in [4.69, 9.17) is 0 Å². The summed E-state index contributed by atoms with van der Waals surface area (Å²) in [5, 5.41) is 0.682. The number of benzene rings is 2. The van der Waals surface area contributed by atoms with E-state index in [1.807, 2.05) is 4.90 Å². The van der Waals surface area contributed by atoms with Gasteiger partial charge in [0.1, 0.15) is 11.5 Å². The highest BCUT2D eigenvalue weighted by molar-refractivity contribution is 6.03. The Bertz CT molecular complexity index is 1300. The molecule has 2 fully saturated rings. The molecule has 0 atom stereocenters. The largest absolute Gasteiger partial charge is 0.337 e. The van der Waals surface area contributed by atoms with Crippen LogP contribution < -0.4 is 0 Å². The third-order valence-electron chi connectivity index (χ3n) is 7.47. The van der Waals surface area contributed by atoms with Crippen molar-refractivity contribution in [2.24, 2.45) is 0 Å². The summed E-state index contributed by atoms with van der Waals surface area (Å²) in [5.41, 5.74) is 2.07. The smallest absolute Gasteiger partial charge is 0.270 e. The Morgan fingerprint density at radius 1 is 0.811 bits per heavy atom. The van der Waals surface area contributed by atoms with Crippen molar-refractivity contribution < 1.29 is 22.8 Å². The zero-order chi connectivity index (χ0) is 26.3. The first-order valence-electron chi connectivity index (χ1n) is 12.7. The second-order valence-corrected chi connectivity index (χ2v) is 10.2. The highest BCUT2D eigenvalue weighted by Crippen LogP contribution is 2.31. The summed E-state index contributed by atoms with van der Waals surface area (Å²) in [6.45, 7) is 7.15. The maximum absolute atomic E-state index is 13.7. The lowest BCUT2D eigenvalue weighted by Crippen LogP contribution is -2.50. The number of piperazine rings is 1. The SMILES string of the molecule is CC(C)N1CCN(C(=O)c2ccc3c(c2)cc(C(=O)N2CCC(F)(F)CC2)n3-c2ccc(F)cc2)CC1. The minimum atomic E-state index is -2.77. The highest BCUT2D eigenvalue weighted by Gasteiger charge is 2.36. The lowest BCUT2D eigenvalue weighted by Gasteiger charge is -2.37. The number of hydrogen-bond acceptors (Lipinski definition) is 3. The fraction of sp³-hybridized carbons (Fsp3) is 0.429. The van der Waals surface area contributed by atoms with Crippen LogP contribution >= 0.6 is 0 Å². The molecule has 2 aliphatic heterocycles. The Kier molecular flexibility index (Phi) is 6.74. The Morgan fingerprint density at radius 3 is 2.05 bits per heavy atom. The number of halogens is 3. The molecule has 6 nitrogen and oxygen atoms in total. The number of nitrogens with zero attached hydrogens (tertiary/aromatic N) is 4. The van der Waals surface area contributed by atoms with Gasteiger partial charge in [0.05, 0.1) is 5.52 Å². The molecule has 5 rings (SSSR count). The molecule has 196 valence electrons. The zero-order valence-corrected chi connectivity index (χ0v) is 21.1. The number of hydrogen-bond donors (Lipinski definition) is 0. The summed E-state index contributed by atoms with van der Waals surface area (Å²) in [6.07, 6.45) is -0.753. The number of aromatic nitrogens is 1. The first-order chi connectivity index (χ1) is 17.6. The van der Waals surface area contributed by atoms with E-state index in [0.29, 0.717) is 47.0 Å². The van der Waals surface area contributed by atoms with E-state index < -0.39 is 11.7 Å². The Morgan fingerprint density at radius 2 is 1.43 bits per heavy atom. The van der Waals surface area contributed by atoms with Crippen LogP contribution in [0.2, 0.25) is 0 Å². The molecule has 0 unspecified atom stereocenters. The van der Waals surface area contributed by atoms with Gasteiger partial charge in [0, 0.05) is 74.8 Å². The predicted octanol–water partition coefficient (Wildman–Crippen LogP) is 4.81. The number of alkyl halides is 2. The van der Waals surface area contributed by atoms with Crippen LogP contribution in [0.25, 0.3) is 16.6 Å². The Labute approximate surface area is 214 Å². The van der Waals surface area contributed by atoms with Gasteiger partial charge in [0.15, 0.2) is 0 Å². The molecule has 9 heteroatoms. The molecule has 2 saturated heterocycles. The normalized spacial score (nSPS) is 18.5. The van der Waals surface area contributed by atoms with Crippen LogP contribution in [0.15, 0.2) is 48.5 Å². The molecular weight excluding hydrogens is 481 g/mol. The van der Waals surface area contributed by atoms with Crippen molar-refractivity contribution in [2.45, 2.75) is 38.7 Å². The van der Waals surface area contributed by atoms with Crippen molar-refractivity contribution in [3.05, 3.63) is 65.6 Å². The number of amides is 2. The van der Waals surface area contributed by atoms with Gasteiger partial charge in [-0.05, 0) is 62.4 Å². The summed E-state index contributed by atoms with van der Waals surface area (Å²) < 4.78 is 42.8. The van der Waals surface area contributed by atoms with E-state index in [1.165, 1.54) is 17.0 Å². The van der Waals surface area contributed by atoms with Crippen LogP contribution in [0, 0.1) is 5.82 Å². The van der Waals surface area contributed by atoms with Crippen molar-refractivity contribution >= 4 is 22.7 Å². The number of carbonyl (C=O) groups is 2. The van der Waals surface area contributed by atoms with Crippen LogP contribution in [-0.4, -0.2) is 82.3 Å². The van der Waals surface area contributed by atoms with Crippen LogP contribution in [0.3, 0.4) is 0 Å². The first kappa shape index (κ1) is 25.3. The van der Waals surface area contributed by atoms with Gasteiger partial charge in [-0.1, -0.05) is 0 Å². The Balaban J connectivity index is 1.49. The summed E-state index contributed by atoms with van der Waals surface area (Å²) >= 11 is 0. The van der Waals surface area contributed by atoms with Crippen LogP contribution in [0.4, 0.5) is 13.2 Å². The van der Waals surface area contributed by atoms with E-state index in [9.17, 15) is 22.8 Å². The van der Waals surface area contributed by atoms with Crippen molar-refractivity contribution in [2.75, 3.05) is 39.3 Å². The van der Waals surface area contributed by atoms with Gasteiger partial charge in [0.2, 0.25) is 0 Å². The van der Waals surface area contributed by atoms with Crippen molar-refractivity contribution in [1.29, 1.82) is 0 Å². The van der Waals surface area contributed by atoms with Crippen LogP contribution in [0.1, 0.15) is 47.5 Å². The molecule has 0 aliphatic carbocycles. The molecule has 0 saturated carbocycles. The van der Waals surface area contributed by atoms with E-state index in [0.717, 1.165) is 13.1 Å². The second kappa shape index (κ2) is 9.85. The van der Waals surface area contributed by atoms with Crippen molar-refractivity contribution in [3.8, 4) is 5.69 Å². The number of fused-ring (bicyclic) bond motifs is 1. The standard InChI is InChI=1S/C28H31F3N4O2/c1-19(2)32-13-15-34(16-14-32)26(36)20-3-8-24-21(17-20)18-25(35(24)23-6-4-22(29)5-7-23)27(37)33-11-9-28(30,31)10-12-33/h3-8,17-19H,9-16H2,1-2H3. The van der Waals surface area contributed by atoms with Gasteiger partial charge in [-0.3, -0.25) is 14.5 Å². The number of likely N-dealkylation sites (tertiary alicyclic amines) is 1. The summed E-state index contributed by atoms with van der Waals surface area (Å²) in [4.78, 5) is 32.4. The Hall–Kier alpha value is -3.33. The number of piperidine rings is 1. The van der Waals surface area contributed by atoms with Gasteiger partial charge < -0.3 is 14.4 Å². The average Bonchev–Trinajstić information content (AvgIpc) is 3.27. The lowest BCUT2D eigenvalue weighted by molar-refractivity contribution is -0.0495. The molecule has 3 heterocycles. The summed E-state index contributed by atoms with van der Waals surface area (Å²) in [5.74, 6) is -3.60. The molecule has 0 radical (unpaired) electrons. The molecule has 37 heavy (non-hydrogen) atoms. The minimum Gasteiger partial charge on any atom is -0.337 e. The maximum atomic E-state index is 13.7. The van der Waals surface area contributed by atoms with Gasteiger partial charge in [-0.15, -0.1) is 0 Å². The summed E-state index contributed by atoms with van der Waals surface area (Å²) in [6, 6.07) is 13.2. The summed E-state index contributed by atoms with van der Waals surface area (Å²) in [7, 11) is 0. The average molecular weight is 513 g/mol. The quantitative estimate of drug-likeness (QED) is 0.504. The first-order valence-corrected chi connectivity index (χ1v) is 12.7. The number of carbonyl (C=O) groups excluding carboxylic acids is 2. The molecule has 0 N–H and O–H groups in total. The van der Waals surface area contributed by atoms with E-state index in [2.05, 4.69) is 18.7 Å². The van der Waals surface area contributed by atoms with Gasteiger partial charge in [-0.25, -0.2) is 13.2 Å². The number of rotatable bonds is 4. The van der Waals surface area contributed by atoms with Gasteiger partial charge in [0.25, 0.3) is 17.7 Å². The second-order valence-electron chi connectivity index (χ2n) is 10.2. The molecular formula is C28H31F3N4O2. The lowest BCUT2D eigenvalue weighted by atomic mass is 10.1. The van der Waals surface area contributed by atoms with Crippen LogP contribution in [0.5, 0.6) is 0 Å². The van der Waals surface area contributed by atoms with Crippen molar-refractivity contribution in [3.63, 3.8) is 0 Å². The molecule has 2 aliphatic rings. The topological polar surface area (TPSA) is 48.8 Å². The van der Waals surface area contributed by atoms with Crippen molar-refractivity contribution in [1.82, 2.24) is 19.3 Å². The molecule has 3 aromatic rings. The van der Waals surface area contributed by atoms with Crippen LogP contribution in [-0.2, 0) is 0 Å². The van der Waals surface area contributed by atoms with E-state index >= 15 is 0 Å². The van der Waals surface area contributed by atoms with Gasteiger partial charge in [-0.2, -0.15) is 0 Å². The van der Waals surface area contributed by atoms with E-state index in [-0.39, 0.29) is 37.7 Å². The maximum Gasteiger partial charge on any atom is 0.270 e. The molecule has 0 bridgehead atoms. The molecule has 2 aromatic carbocycles.